The number of fused-ring (bicyclic) bond motifs is 2. The molecule has 6 amide bonds. The normalized spacial score (nSPS) is 17.4. The molecule has 6 rings (SSSR count). The number of hydrogen-bond acceptors (Lipinski definition) is 8. The summed E-state index contributed by atoms with van der Waals surface area (Å²) in [5, 5.41) is 16.7. The molecule has 2 heterocycles. The van der Waals surface area contributed by atoms with Gasteiger partial charge in [0.2, 0.25) is 35.4 Å². The summed E-state index contributed by atoms with van der Waals surface area (Å²) in [7, 11) is 3.46. The first-order valence-electron chi connectivity index (χ1n) is 29.3. The maximum absolute atomic E-state index is 14.4. The van der Waals surface area contributed by atoms with Crippen LogP contribution in [-0.2, 0) is 41.6 Å². The fourth-order valence-electron chi connectivity index (χ4n) is 11.3. The summed E-state index contributed by atoms with van der Waals surface area (Å²) in [6, 6.07) is 26.7. The molecule has 0 spiro atoms. The SMILES string of the molecule is CN[C@@H](C)C(=O)N[C@H](C(=O)N1CCC[C@@H]1CN(CCc1cccc2ccccc12)C(=O)CCCCCCCCC(=O)N(CCc1cccc2ccccc12)C[C@@H]1CCCN1C(=O)[C@@H](NC(=O)[C@H](C)NC)C(C)(C)C)C(C)(C)C. The number of carbonyl (C=O) groups excluding carboxylic acids is 6. The highest BCUT2D eigenvalue weighted by Gasteiger charge is 2.42. The van der Waals surface area contributed by atoms with Crippen molar-refractivity contribution < 1.29 is 28.8 Å². The molecule has 14 heteroatoms. The van der Waals surface area contributed by atoms with Gasteiger partial charge in [-0.3, -0.25) is 28.8 Å². The second kappa shape index (κ2) is 28.9. The number of hydrogen-bond donors (Lipinski definition) is 4. The number of carbonyl (C=O) groups is 6. The maximum atomic E-state index is 14.4. The van der Waals surface area contributed by atoms with Gasteiger partial charge in [0, 0.05) is 64.2 Å². The van der Waals surface area contributed by atoms with Crippen LogP contribution in [-0.4, -0.2) is 145 Å². The molecule has 6 atom stereocenters. The lowest BCUT2D eigenvalue weighted by Gasteiger charge is -2.37. The van der Waals surface area contributed by atoms with Crippen LogP contribution in [0.2, 0.25) is 0 Å². The molecule has 0 unspecified atom stereocenters. The van der Waals surface area contributed by atoms with E-state index in [9.17, 15) is 28.8 Å². The Kier molecular flexibility index (Phi) is 22.7. The lowest BCUT2D eigenvalue weighted by atomic mass is 9.85. The van der Waals surface area contributed by atoms with Crippen molar-refractivity contribution in [2.24, 2.45) is 10.8 Å². The lowest BCUT2D eigenvalue weighted by Crippen LogP contribution is -2.59. The van der Waals surface area contributed by atoms with Crippen LogP contribution in [0.4, 0.5) is 0 Å². The minimum Gasteiger partial charge on any atom is -0.342 e. The zero-order valence-electron chi connectivity index (χ0n) is 48.9. The second-order valence-electron chi connectivity index (χ2n) is 24.4. The van der Waals surface area contributed by atoms with Crippen LogP contribution in [0.1, 0.15) is 144 Å². The van der Waals surface area contributed by atoms with Crippen molar-refractivity contribution in [1.82, 2.24) is 40.9 Å². The maximum Gasteiger partial charge on any atom is 0.246 e. The Hall–Kier alpha value is -5.86. The van der Waals surface area contributed by atoms with E-state index in [1.165, 1.54) is 32.7 Å². The fourth-order valence-corrected chi connectivity index (χ4v) is 11.3. The number of benzene rings is 4. The molecule has 2 aliphatic heterocycles. The number of unbranched alkanes of at least 4 members (excludes halogenated alkanes) is 5. The Morgan fingerprint density at radius 3 is 1.26 bits per heavy atom. The van der Waals surface area contributed by atoms with E-state index in [0.29, 0.717) is 65.0 Å². The van der Waals surface area contributed by atoms with Crippen molar-refractivity contribution in [3.8, 4) is 0 Å². The minimum atomic E-state index is -0.708. The van der Waals surface area contributed by atoms with Crippen molar-refractivity contribution in [3.63, 3.8) is 0 Å². The number of likely N-dealkylation sites (N-methyl/N-ethyl adjacent to an activating group) is 2. The van der Waals surface area contributed by atoms with Gasteiger partial charge in [-0.25, -0.2) is 0 Å². The van der Waals surface area contributed by atoms with E-state index < -0.39 is 35.0 Å². The van der Waals surface area contributed by atoms with E-state index in [1.807, 2.05) is 73.3 Å². The molecule has 2 fully saturated rings. The average molecular weight is 1070 g/mol. The molecule has 14 nitrogen and oxygen atoms in total. The fraction of sp³-hybridized carbons (Fsp3) is 0.594. The molecule has 0 saturated carbocycles. The lowest BCUT2D eigenvalue weighted by molar-refractivity contribution is -0.142. The standard InChI is InChI=1S/C64H94N8O6/c1-45(65-9)59(75)67-57(63(3,4)5)61(77)71-39-23-31-51(71)43-69(41-37-49-29-21-27-47-25-17-19-33-53(47)49)55(73)35-15-13-11-12-14-16-36-56(74)70(42-38-50-30-22-28-48-26-18-20-34-54(48)50)44-52-32-24-40-72(52)62(78)58(64(6,7)8)68-60(76)46(2)66-10/h17-22,25-30,33-34,45-46,51-52,57-58,65-66H,11-16,23-24,31-32,35-44H2,1-10H3,(H,67,75)(H,68,76)/t45-,46-,51-,52+,57+,58+/m0/s1. The predicted molar refractivity (Wildman–Crippen MR) is 315 cm³/mol. The van der Waals surface area contributed by atoms with Gasteiger partial charge < -0.3 is 40.9 Å². The van der Waals surface area contributed by atoms with E-state index in [2.05, 4.69) is 94.1 Å². The van der Waals surface area contributed by atoms with Crippen LogP contribution in [0.25, 0.3) is 21.5 Å². The van der Waals surface area contributed by atoms with Crippen molar-refractivity contribution in [3.05, 3.63) is 96.1 Å². The molecule has 4 aromatic carbocycles. The number of likely N-dealkylation sites (tertiary alicyclic amines) is 2. The summed E-state index contributed by atoms with van der Waals surface area (Å²) in [5.74, 6) is -0.445. The zero-order valence-corrected chi connectivity index (χ0v) is 48.9. The molecule has 78 heavy (non-hydrogen) atoms. The summed E-state index contributed by atoms with van der Waals surface area (Å²) in [6.45, 7) is 18.6. The van der Waals surface area contributed by atoms with Gasteiger partial charge in [-0.05, 0) is 123 Å². The van der Waals surface area contributed by atoms with Crippen LogP contribution in [0.3, 0.4) is 0 Å². The van der Waals surface area contributed by atoms with E-state index in [4.69, 9.17) is 0 Å². The third-order valence-corrected chi connectivity index (χ3v) is 16.4. The Bertz CT molecular complexity index is 2450. The molecule has 2 aliphatic rings. The largest absolute Gasteiger partial charge is 0.342 e. The van der Waals surface area contributed by atoms with Crippen molar-refractivity contribution in [1.29, 1.82) is 0 Å². The second-order valence-corrected chi connectivity index (χ2v) is 24.4. The van der Waals surface area contributed by atoms with Crippen molar-refractivity contribution in [2.75, 3.05) is 53.4 Å². The first-order chi connectivity index (χ1) is 37.2. The molecule has 4 N–H and O–H groups in total. The molecule has 0 bridgehead atoms. The molecular weight excluding hydrogens is 977 g/mol. The van der Waals surface area contributed by atoms with Crippen LogP contribution < -0.4 is 21.3 Å². The Balaban J connectivity index is 1.06. The molecule has 0 radical (unpaired) electrons. The Morgan fingerprint density at radius 2 is 0.885 bits per heavy atom. The Morgan fingerprint density at radius 1 is 0.526 bits per heavy atom. The topological polar surface area (TPSA) is 163 Å². The van der Waals surface area contributed by atoms with Crippen molar-refractivity contribution in [2.45, 2.75) is 182 Å². The van der Waals surface area contributed by atoms with Gasteiger partial charge in [-0.2, -0.15) is 0 Å². The van der Waals surface area contributed by atoms with E-state index in [-0.39, 0.29) is 47.5 Å². The summed E-state index contributed by atoms with van der Waals surface area (Å²) < 4.78 is 0. The van der Waals surface area contributed by atoms with Gasteiger partial charge in [0.15, 0.2) is 0 Å². The third kappa shape index (κ3) is 16.8. The molecular formula is C64H94N8O6. The van der Waals surface area contributed by atoms with E-state index in [1.54, 1.807) is 27.9 Å². The Labute approximate surface area is 466 Å². The number of nitrogens with one attached hydrogen (secondary N) is 4. The summed E-state index contributed by atoms with van der Waals surface area (Å²) >= 11 is 0. The molecule has 4 aromatic rings. The van der Waals surface area contributed by atoms with E-state index >= 15 is 0 Å². The van der Waals surface area contributed by atoms with Crippen LogP contribution in [0.15, 0.2) is 84.9 Å². The van der Waals surface area contributed by atoms with Crippen LogP contribution in [0.5, 0.6) is 0 Å². The smallest absolute Gasteiger partial charge is 0.246 e. The number of amides is 6. The first kappa shape index (κ1) is 61.4. The van der Waals surface area contributed by atoms with Gasteiger partial charge in [-0.15, -0.1) is 0 Å². The van der Waals surface area contributed by atoms with Crippen molar-refractivity contribution >= 4 is 57.0 Å². The quantitative estimate of drug-likeness (QED) is 0.0431. The van der Waals surface area contributed by atoms with Gasteiger partial charge in [0.1, 0.15) is 12.1 Å². The first-order valence-corrected chi connectivity index (χ1v) is 29.3. The zero-order chi connectivity index (χ0) is 56.6. The monoisotopic (exact) mass is 1070 g/mol. The predicted octanol–water partition coefficient (Wildman–Crippen LogP) is 8.82. The van der Waals surface area contributed by atoms with Gasteiger partial charge >= 0.3 is 0 Å². The third-order valence-electron chi connectivity index (χ3n) is 16.4. The van der Waals surface area contributed by atoms with Crippen LogP contribution in [0, 0.1) is 10.8 Å². The summed E-state index contributed by atoms with van der Waals surface area (Å²) in [5.41, 5.74) is 1.34. The summed E-state index contributed by atoms with van der Waals surface area (Å²) in [4.78, 5) is 91.4. The van der Waals surface area contributed by atoms with E-state index in [0.717, 1.165) is 64.2 Å². The number of nitrogens with zero attached hydrogens (tertiary/aromatic N) is 4. The highest BCUT2D eigenvalue weighted by Crippen LogP contribution is 2.30. The average Bonchev–Trinajstić information content (AvgIpc) is 4.16. The highest BCUT2D eigenvalue weighted by molar-refractivity contribution is 5.92. The molecule has 2 saturated heterocycles. The molecule has 0 aromatic heterocycles. The minimum absolute atomic E-state index is 0.0943. The molecule has 0 aliphatic carbocycles. The number of rotatable bonds is 27. The summed E-state index contributed by atoms with van der Waals surface area (Å²) in [6.07, 6.45) is 10.7. The van der Waals surface area contributed by atoms with Gasteiger partial charge in [-0.1, -0.05) is 152 Å². The van der Waals surface area contributed by atoms with Gasteiger partial charge in [0.25, 0.3) is 0 Å². The highest BCUT2D eigenvalue weighted by atomic mass is 16.2. The molecule has 426 valence electrons. The van der Waals surface area contributed by atoms with Crippen LogP contribution >= 0.6 is 0 Å². The van der Waals surface area contributed by atoms with Gasteiger partial charge in [0.05, 0.1) is 12.1 Å².